The molecule has 0 aliphatic heterocycles. The standard InChI is InChI=1S/C16H11Cl2N3O2S/c1-23-13-7-6-11(8-12(13)18)19-16(22)15-14(20-21-24-15)9-2-4-10(17)5-3-9/h2-8H,1H3,(H,19,22). The summed E-state index contributed by atoms with van der Waals surface area (Å²) in [5.74, 6) is 0.229. The number of amides is 1. The maximum atomic E-state index is 12.5. The van der Waals surface area contributed by atoms with Gasteiger partial charge in [-0.05, 0) is 41.9 Å². The summed E-state index contributed by atoms with van der Waals surface area (Å²) in [4.78, 5) is 12.9. The molecule has 0 bridgehead atoms. The van der Waals surface area contributed by atoms with Crippen molar-refractivity contribution < 1.29 is 9.53 Å². The number of methoxy groups -OCH3 is 1. The van der Waals surface area contributed by atoms with Crippen molar-refractivity contribution in [2.75, 3.05) is 12.4 Å². The molecule has 0 fully saturated rings. The van der Waals surface area contributed by atoms with E-state index in [-0.39, 0.29) is 5.91 Å². The Kier molecular flexibility index (Phi) is 4.99. The smallest absolute Gasteiger partial charge is 0.269 e. The first-order chi connectivity index (χ1) is 11.6. The Balaban J connectivity index is 1.85. The van der Waals surface area contributed by atoms with Gasteiger partial charge in [-0.15, -0.1) is 5.10 Å². The summed E-state index contributed by atoms with van der Waals surface area (Å²) in [6.45, 7) is 0. The Morgan fingerprint density at radius 3 is 2.58 bits per heavy atom. The number of benzene rings is 2. The third-order valence-electron chi connectivity index (χ3n) is 3.22. The second kappa shape index (κ2) is 7.17. The third-order valence-corrected chi connectivity index (χ3v) is 4.49. The lowest BCUT2D eigenvalue weighted by atomic mass is 10.1. The highest BCUT2D eigenvalue weighted by molar-refractivity contribution is 7.08. The van der Waals surface area contributed by atoms with Gasteiger partial charge in [0.25, 0.3) is 5.91 Å². The van der Waals surface area contributed by atoms with Crippen LogP contribution in [0.5, 0.6) is 5.75 Å². The lowest BCUT2D eigenvalue weighted by Gasteiger charge is -2.07. The second-order valence-corrected chi connectivity index (χ2v) is 6.36. The molecule has 1 amide bonds. The molecule has 0 spiro atoms. The van der Waals surface area contributed by atoms with Crippen LogP contribution in [0.25, 0.3) is 11.3 Å². The molecule has 8 heteroatoms. The van der Waals surface area contributed by atoms with E-state index in [4.69, 9.17) is 27.9 Å². The van der Waals surface area contributed by atoms with Gasteiger partial charge in [0.2, 0.25) is 0 Å². The number of hydrogen-bond acceptors (Lipinski definition) is 5. The Bertz CT molecular complexity index is 881. The van der Waals surface area contributed by atoms with E-state index in [0.29, 0.717) is 32.1 Å². The second-order valence-electron chi connectivity index (χ2n) is 4.76. The minimum absolute atomic E-state index is 0.309. The quantitative estimate of drug-likeness (QED) is 0.708. The van der Waals surface area contributed by atoms with E-state index in [1.807, 2.05) is 0 Å². The van der Waals surface area contributed by atoms with Crippen molar-refractivity contribution >= 4 is 46.3 Å². The first-order valence-electron chi connectivity index (χ1n) is 6.81. The van der Waals surface area contributed by atoms with Crippen LogP contribution < -0.4 is 10.1 Å². The molecule has 0 atom stereocenters. The number of nitrogens with zero attached hydrogens (tertiary/aromatic N) is 2. The molecule has 0 saturated heterocycles. The molecular weight excluding hydrogens is 369 g/mol. The zero-order chi connectivity index (χ0) is 17.1. The highest BCUT2D eigenvalue weighted by Crippen LogP contribution is 2.29. The van der Waals surface area contributed by atoms with Crippen LogP contribution in [0, 0.1) is 0 Å². The fourth-order valence-electron chi connectivity index (χ4n) is 2.07. The minimum Gasteiger partial charge on any atom is -0.495 e. The Hall–Kier alpha value is -2.15. The van der Waals surface area contributed by atoms with E-state index in [2.05, 4.69) is 14.9 Å². The molecule has 24 heavy (non-hydrogen) atoms. The zero-order valence-corrected chi connectivity index (χ0v) is 14.7. The largest absolute Gasteiger partial charge is 0.495 e. The fourth-order valence-corrected chi connectivity index (χ4v) is 3.04. The number of ether oxygens (including phenoxy) is 1. The van der Waals surface area contributed by atoms with Crippen molar-refractivity contribution in [1.82, 2.24) is 9.59 Å². The number of carbonyl (C=O) groups is 1. The number of rotatable bonds is 4. The molecule has 0 aliphatic carbocycles. The molecule has 3 rings (SSSR count). The third kappa shape index (κ3) is 3.51. The highest BCUT2D eigenvalue weighted by Gasteiger charge is 2.18. The van der Waals surface area contributed by atoms with E-state index < -0.39 is 0 Å². The van der Waals surface area contributed by atoms with Gasteiger partial charge in [-0.1, -0.05) is 39.8 Å². The zero-order valence-electron chi connectivity index (χ0n) is 12.4. The maximum Gasteiger partial charge on any atom is 0.269 e. The van der Waals surface area contributed by atoms with Crippen molar-refractivity contribution in [2.24, 2.45) is 0 Å². The number of anilines is 1. The predicted molar refractivity (Wildman–Crippen MR) is 96.3 cm³/mol. The van der Waals surface area contributed by atoms with E-state index in [9.17, 15) is 4.79 Å². The van der Waals surface area contributed by atoms with Crippen LogP contribution in [-0.4, -0.2) is 22.6 Å². The molecule has 0 unspecified atom stereocenters. The summed E-state index contributed by atoms with van der Waals surface area (Å²) in [5, 5.41) is 7.85. The number of halogens is 2. The van der Waals surface area contributed by atoms with E-state index in [0.717, 1.165) is 17.1 Å². The minimum atomic E-state index is -0.309. The van der Waals surface area contributed by atoms with Gasteiger partial charge in [0.15, 0.2) is 0 Å². The summed E-state index contributed by atoms with van der Waals surface area (Å²) in [7, 11) is 1.53. The average Bonchev–Trinajstić information content (AvgIpc) is 3.05. The van der Waals surface area contributed by atoms with Crippen molar-refractivity contribution in [3.8, 4) is 17.0 Å². The molecule has 122 valence electrons. The number of carbonyl (C=O) groups excluding carboxylic acids is 1. The molecule has 5 nitrogen and oxygen atoms in total. The number of hydrogen-bond donors (Lipinski definition) is 1. The van der Waals surface area contributed by atoms with Crippen molar-refractivity contribution in [2.45, 2.75) is 0 Å². The van der Waals surface area contributed by atoms with Crippen LogP contribution in [0.4, 0.5) is 5.69 Å². The summed E-state index contributed by atoms with van der Waals surface area (Å²) >= 11 is 13.0. The van der Waals surface area contributed by atoms with Gasteiger partial charge in [0, 0.05) is 16.3 Å². The van der Waals surface area contributed by atoms with Crippen LogP contribution in [0.3, 0.4) is 0 Å². The Morgan fingerprint density at radius 1 is 1.17 bits per heavy atom. The van der Waals surface area contributed by atoms with Crippen LogP contribution >= 0.6 is 34.7 Å². The fraction of sp³-hybridized carbons (Fsp3) is 0.0625. The first-order valence-corrected chi connectivity index (χ1v) is 8.34. The van der Waals surface area contributed by atoms with Gasteiger partial charge >= 0.3 is 0 Å². The van der Waals surface area contributed by atoms with E-state index in [1.165, 1.54) is 7.11 Å². The van der Waals surface area contributed by atoms with Crippen LogP contribution in [0.1, 0.15) is 9.67 Å². The van der Waals surface area contributed by atoms with Gasteiger partial charge in [-0.2, -0.15) is 0 Å². The lowest BCUT2D eigenvalue weighted by Crippen LogP contribution is -2.11. The SMILES string of the molecule is COc1ccc(NC(=O)c2snnc2-c2ccc(Cl)cc2)cc1Cl. The van der Waals surface area contributed by atoms with Gasteiger partial charge in [-0.25, -0.2) is 0 Å². The molecule has 1 aromatic heterocycles. The highest BCUT2D eigenvalue weighted by atomic mass is 35.5. The number of aromatic nitrogens is 2. The normalized spacial score (nSPS) is 10.5. The lowest BCUT2D eigenvalue weighted by molar-refractivity contribution is 0.103. The van der Waals surface area contributed by atoms with Crippen LogP contribution in [0.2, 0.25) is 10.0 Å². The molecular formula is C16H11Cl2N3O2S. The molecule has 0 radical (unpaired) electrons. The first kappa shape index (κ1) is 16.7. The van der Waals surface area contributed by atoms with Gasteiger partial charge in [0.05, 0.1) is 12.1 Å². The molecule has 2 aromatic carbocycles. The van der Waals surface area contributed by atoms with E-state index >= 15 is 0 Å². The van der Waals surface area contributed by atoms with Crippen LogP contribution in [0.15, 0.2) is 42.5 Å². The summed E-state index contributed by atoms with van der Waals surface area (Å²) < 4.78 is 8.97. The van der Waals surface area contributed by atoms with Gasteiger partial charge in [-0.3, -0.25) is 4.79 Å². The van der Waals surface area contributed by atoms with Gasteiger partial charge in [0.1, 0.15) is 16.3 Å². The Labute approximate surface area is 152 Å². The van der Waals surface area contributed by atoms with Crippen molar-refractivity contribution in [3.63, 3.8) is 0 Å². The molecule has 1 heterocycles. The topological polar surface area (TPSA) is 64.1 Å². The van der Waals surface area contributed by atoms with Crippen molar-refractivity contribution in [3.05, 3.63) is 57.4 Å². The summed E-state index contributed by atoms with van der Waals surface area (Å²) in [6, 6.07) is 12.1. The Morgan fingerprint density at radius 2 is 1.92 bits per heavy atom. The predicted octanol–water partition coefficient (Wildman–Crippen LogP) is 4.77. The average molecular weight is 380 g/mol. The molecule has 0 saturated carbocycles. The van der Waals surface area contributed by atoms with Gasteiger partial charge < -0.3 is 10.1 Å². The van der Waals surface area contributed by atoms with Crippen LogP contribution in [-0.2, 0) is 0 Å². The molecule has 3 aromatic rings. The number of nitrogens with one attached hydrogen (secondary N) is 1. The van der Waals surface area contributed by atoms with Crippen molar-refractivity contribution in [1.29, 1.82) is 0 Å². The molecule has 0 aliphatic rings. The maximum absolute atomic E-state index is 12.5. The van der Waals surface area contributed by atoms with E-state index in [1.54, 1.807) is 42.5 Å². The monoisotopic (exact) mass is 379 g/mol. The molecule has 1 N–H and O–H groups in total. The summed E-state index contributed by atoms with van der Waals surface area (Å²) in [5.41, 5.74) is 1.83. The summed E-state index contributed by atoms with van der Waals surface area (Å²) in [6.07, 6.45) is 0.